The first-order chi connectivity index (χ1) is 9.50. The van der Waals surface area contributed by atoms with Crippen LogP contribution in [0, 0.1) is 5.82 Å². The van der Waals surface area contributed by atoms with Crippen LogP contribution in [0.2, 0.25) is 0 Å². The lowest BCUT2D eigenvalue weighted by Gasteiger charge is -2.31. The molecule has 3 rings (SSSR count). The zero-order valence-corrected chi connectivity index (χ0v) is 11.6. The van der Waals surface area contributed by atoms with Gasteiger partial charge in [0.05, 0.1) is 18.8 Å². The number of nitrogens with zero attached hydrogens (tertiary/aromatic N) is 1. The maximum atomic E-state index is 13.8. The van der Waals surface area contributed by atoms with Crippen LogP contribution in [0.15, 0.2) is 23.1 Å². The van der Waals surface area contributed by atoms with E-state index in [9.17, 15) is 12.8 Å². The van der Waals surface area contributed by atoms with E-state index < -0.39 is 15.8 Å². The summed E-state index contributed by atoms with van der Waals surface area (Å²) in [7, 11) is -3.88. The lowest BCUT2D eigenvalue weighted by Crippen LogP contribution is -2.45. The molecule has 2 fully saturated rings. The molecule has 2 unspecified atom stereocenters. The van der Waals surface area contributed by atoms with Crippen molar-refractivity contribution in [1.82, 2.24) is 4.31 Å². The number of hydrogen-bond acceptors (Lipinski definition) is 4. The molecule has 0 aromatic heterocycles. The summed E-state index contributed by atoms with van der Waals surface area (Å²) < 4.78 is 45.8. The molecule has 0 saturated carbocycles. The molecule has 2 aliphatic rings. The van der Waals surface area contributed by atoms with Gasteiger partial charge in [0.2, 0.25) is 10.0 Å². The van der Waals surface area contributed by atoms with Crippen molar-refractivity contribution in [3.8, 4) is 0 Å². The molecular weight excluding hydrogens is 285 g/mol. The van der Waals surface area contributed by atoms with Crippen LogP contribution in [0.25, 0.3) is 0 Å². The summed E-state index contributed by atoms with van der Waals surface area (Å²) in [5.74, 6) is -0.791. The van der Waals surface area contributed by atoms with E-state index in [2.05, 4.69) is 0 Å². The van der Waals surface area contributed by atoms with Gasteiger partial charge < -0.3 is 9.84 Å². The van der Waals surface area contributed by atoms with Crippen LogP contribution in [0.1, 0.15) is 18.4 Å². The first kappa shape index (κ1) is 13.9. The summed E-state index contributed by atoms with van der Waals surface area (Å²) >= 11 is 0. The van der Waals surface area contributed by atoms with Crippen LogP contribution >= 0.6 is 0 Å². The normalized spacial score (nSPS) is 26.9. The van der Waals surface area contributed by atoms with E-state index in [1.54, 1.807) is 0 Å². The van der Waals surface area contributed by atoms with Crippen molar-refractivity contribution in [3.63, 3.8) is 0 Å². The highest BCUT2D eigenvalue weighted by molar-refractivity contribution is 7.89. The first-order valence-corrected chi connectivity index (χ1v) is 7.99. The molecule has 0 aliphatic carbocycles. The highest BCUT2D eigenvalue weighted by Gasteiger charge is 2.40. The highest BCUT2D eigenvalue weighted by atomic mass is 32.2. The summed E-state index contributed by atoms with van der Waals surface area (Å²) in [5, 5.41) is 9.07. The van der Waals surface area contributed by atoms with Crippen LogP contribution in [-0.4, -0.2) is 43.1 Å². The molecule has 2 bridgehead atoms. The summed E-state index contributed by atoms with van der Waals surface area (Å²) in [5.41, 5.74) is 0.376. The Labute approximate surface area is 117 Å². The fourth-order valence-electron chi connectivity index (χ4n) is 2.76. The van der Waals surface area contributed by atoms with Gasteiger partial charge in [-0.15, -0.1) is 0 Å². The molecule has 7 heteroatoms. The zero-order chi connectivity index (χ0) is 14.3. The van der Waals surface area contributed by atoms with Crippen LogP contribution in [0.4, 0.5) is 4.39 Å². The van der Waals surface area contributed by atoms with Gasteiger partial charge in [-0.1, -0.05) is 6.07 Å². The van der Waals surface area contributed by atoms with Gasteiger partial charge in [-0.3, -0.25) is 0 Å². The number of ether oxygens (including phenoxy) is 1. The van der Waals surface area contributed by atoms with Gasteiger partial charge in [0, 0.05) is 13.1 Å². The minimum atomic E-state index is -3.88. The molecule has 2 aliphatic heterocycles. The second-order valence-electron chi connectivity index (χ2n) is 5.20. The van der Waals surface area contributed by atoms with E-state index in [0.29, 0.717) is 5.56 Å². The number of sulfonamides is 1. The number of benzene rings is 1. The van der Waals surface area contributed by atoms with Crippen LogP contribution in [0.3, 0.4) is 0 Å². The molecule has 0 spiro atoms. The summed E-state index contributed by atoms with van der Waals surface area (Å²) in [6, 6.07) is 3.65. The van der Waals surface area contributed by atoms with Crippen LogP contribution in [0.5, 0.6) is 0 Å². The smallest absolute Gasteiger partial charge is 0.246 e. The molecule has 110 valence electrons. The van der Waals surface area contributed by atoms with E-state index in [4.69, 9.17) is 9.84 Å². The molecular formula is C13H16FNO4S. The van der Waals surface area contributed by atoms with Gasteiger partial charge in [0.1, 0.15) is 10.7 Å². The molecule has 1 N–H and O–H groups in total. The highest BCUT2D eigenvalue weighted by Crippen LogP contribution is 2.30. The standard InChI is InChI=1S/C13H16FNO4S/c14-12-4-1-9(8-16)5-13(12)20(17,18)15-6-10-2-3-11(7-15)19-10/h1,4-5,10-11,16H,2-3,6-8H2. The Hall–Kier alpha value is -1.02. The van der Waals surface area contributed by atoms with E-state index in [1.165, 1.54) is 16.4 Å². The van der Waals surface area contributed by atoms with E-state index >= 15 is 0 Å². The topological polar surface area (TPSA) is 66.8 Å². The maximum absolute atomic E-state index is 13.8. The first-order valence-electron chi connectivity index (χ1n) is 6.55. The fraction of sp³-hybridized carbons (Fsp3) is 0.538. The Kier molecular flexibility index (Phi) is 3.53. The van der Waals surface area contributed by atoms with Gasteiger partial charge in [-0.2, -0.15) is 4.31 Å². The zero-order valence-electron chi connectivity index (χ0n) is 10.8. The van der Waals surface area contributed by atoms with Gasteiger partial charge in [0.25, 0.3) is 0 Å². The number of fused-ring (bicyclic) bond motifs is 2. The van der Waals surface area contributed by atoms with Crippen molar-refractivity contribution < 1.29 is 22.7 Å². The van der Waals surface area contributed by atoms with Crippen LogP contribution in [-0.2, 0) is 21.4 Å². The molecule has 2 atom stereocenters. The summed E-state index contributed by atoms with van der Waals surface area (Å²) in [6.07, 6.45) is 1.51. The predicted molar refractivity (Wildman–Crippen MR) is 69.0 cm³/mol. The van der Waals surface area contributed by atoms with Gasteiger partial charge in [-0.25, -0.2) is 12.8 Å². The molecule has 0 amide bonds. The van der Waals surface area contributed by atoms with Crippen molar-refractivity contribution in [2.24, 2.45) is 0 Å². The molecule has 2 saturated heterocycles. The molecule has 1 aromatic rings. The van der Waals surface area contributed by atoms with Crippen molar-refractivity contribution in [1.29, 1.82) is 0 Å². The largest absolute Gasteiger partial charge is 0.392 e. The average molecular weight is 301 g/mol. The Morgan fingerprint density at radius 2 is 1.95 bits per heavy atom. The van der Waals surface area contributed by atoms with Crippen molar-refractivity contribution in [2.75, 3.05) is 13.1 Å². The molecule has 5 nitrogen and oxygen atoms in total. The lowest BCUT2D eigenvalue weighted by molar-refractivity contribution is -0.0115. The fourth-order valence-corrected chi connectivity index (χ4v) is 4.37. The third-order valence-corrected chi connectivity index (χ3v) is 5.65. The number of halogens is 1. The second kappa shape index (κ2) is 5.07. The third kappa shape index (κ3) is 2.35. The number of aliphatic hydroxyl groups excluding tert-OH is 1. The number of rotatable bonds is 3. The van der Waals surface area contributed by atoms with Gasteiger partial charge in [0.15, 0.2) is 0 Å². The molecule has 2 heterocycles. The molecule has 0 radical (unpaired) electrons. The number of morpholine rings is 1. The Morgan fingerprint density at radius 1 is 1.30 bits per heavy atom. The van der Waals surface area contributed by atoms with E-state index in [-0.39, 0.29) is 36.8 Å². The van der Waals surface area contributed by atoms with Crippen LogP contribution < -0.4 is 0 Å². The molecule has 20 heavy (non-hydrogen) atoms. The Morgan fingerprint density at radius 3 is 2.55 bits per heavy atom. The van der Waals surface area contributed by atoms with E-state index in [0.717, 1.165) is 18.9 Å². The van der Waals surface area contributed by atoms with Crippen molar-refractivity contribution in [3.05, 3.63) is 29.6 Å². The average Bonchev–Trinajstić information content (AvgIpc) is 2.77. The van der Waals surface area contributed by atoms with Gasteiger partial charge >= 0.3 is 0 Å². The minimum absolute atomic E-state index is 0.0902. The summed E-state index contributed by atoms with van der Waals surface area (Å²) in [6.45, 7) is 0.209. The van der Waals surface area contributed by atoms with Crippen molar-refractivity contribution in [2.45, 2.75) is 36.6 Å². The number of aliphatic hydroxyl groups is 1. The quantitative estimate of drug-likeness (QED) is 0.899. The van der Waals surface area contributed by atoms with Crippen molar-refractivity contribution >= 4 is 10.0 Å². The SMILES string of the molecule is O=S(=O)(c1cc(CO)ccc1F)N1CC2CCC(C1)O2. The number of hydrogen-bond donors (Lipinski definition) is 1. The second-order valence-corrected chi connectivity index (χ2v) is 7.11. The lowest BCUT2D eigenvalue weighted by atomic mass is 10.2. The van der Waals surface area contributed by atoms with Gasteiger partial charge in [-0.05, 0) is 30.5 Å². The predicted octanol–water partition coefficient (Wildman–Crippen LogP) is 0.870. The molecule has 1 aromatic carbocycles. The third-order valence-electron chi connectivity index (χ3n) is 3.81. The Bertz CT molecular complexity index is 607. The van der Waals surface area contributed by atoms with E-state index in [1.807, 2.05) is 0 Å². The maximum Gasteiger partial charge on any atom is 0.246 e. The summed E-state index contributed by atoms with van der Waals surface area (Å²) in [4.78, 5) is -0.370. The Balaban J connectivity index is 1.95. The monoisotopic (exact) mass is 301 g/mol. The minimum Gasteiger partial charge on any atom is -0.392 e.